The van der Waals surface area contributed by atoms with Gasteiger partial charge in [0.2, 0.25) is 5.91 Å². The number of likely N-dealkylation sites (tertiary alicyclic amines) is 1. The minimum Gasteiger partial charge on any atom is -0.493 e. The van der Waals surface area contributed by atoms with Crippen LogP contribution < -0.4 is 15.2 Å². The molecule has 0 aliphatic carbocycles. The van der Waals surface area contributed by atoms with Crippen LogP contribution in [0.2, 0.25) is 0 Å². The van der Waals surface area contributed by atoms with Gasteiger partial charge in [0.25, 0.3) is 0 Å². The van der Waals surface area contributed by atoms with E-state index in [2.05, 4.69) is 12.1 Å². The highest BCUT2D eigenvalue weighted by Crippen LogP contribution is 2.36. The van der Waals surface area contributed by atoms with Crippen LogP contribution in [0.5, 0.6) is 11.5 Å². The molecule has 5 heteroatoms. The molecular weight excluding hydrogens is 340 g/mol. The van der Waals surface area contributed by atoms with Gasteiger partial charge in [-0.05, 0) is 37.1 Å². The van der Waals surface area contributed by atoms with Crippen LogP contribution in [-0.2, 0) is 10.2 Å². The quantitative estimate of drug-likeness (QED) is 0.881. The van der Waals surface area contributed by atoms with Crippen molar-refractivity contribution in [1.29, 1.82) is 0 Å². The summed E-state index contributed by atoms with van der Waals surface area (Å²) in [7, 11) is 3.20. The van der Waals surface area contributed by atoms with E-state index in [0.29, 0.717) is 24.6 Å². The topological polar surface area (TPSA) is 64.8 Å². The van der Waals surface area contributed by atoms with Gasteiger partial charge in [0.15, 0.2) is 11.5 Å². The van der Waals surface area contributed by atoms with E-state index in [0.717, 1.165) is 5.56 Å². The SMILES string of the molecule is COc1ccc(C(C)(C)C(=O)N2C[C@@H](N)[C@H](c3ccccc3)C2)cc1OC. The fourth-order valence-corrected chi connectivity index (χ4v) is 3.79. The first-order chi connectivity index (χ1) is 12.9. The third-order valence-electron chi connectivity index (χ3n) is 5.52. The normalized spacial score (nSPS) is 19.8. The molecule has 0 aromatic heterocycles. The average Bonchev–Trinajstić information content (AvgIpc) is 3.08. The number of benzene rings is 2. The lowest BCUT2D eigenvalue weighted by atomic mass is 9.83. The monoisotopic (exact) mass is 368 g/mol. The van der Waals surface area contributed by atoms with Crippen LogP contribution in [0.3, 0.4) is 0 Å². The van der Waals surface area contributed by atoms with Crippen LogP contribution in [0.15, 0.2) is 48.5 Å². The van der Waals surface area contributed by atoms with E-state index in [1.165, 1.54) is 5.56 Å². The summed E-state index contributed by atoms with van der Waals surface area (Å²) < 4.78 is 10.7. The predicted molar refractivity (Wildman–Crippen MR) is 106 cm³/mol. The molecule has 0 saturated carbocycles. The lowest BCUT2D eigenvalue weighted by Gasteiger charge is -2.30. The van der Waals surface area contributed by atoms with Gasteiger partial charge in [0, 0.05) is 25.0 Å². The zero-order valence-electron chi connectivity index (χ0n) is 16.4. The Labute approximate surface area is 161 Å². The summed E-state index contributed by atoms with van der Waals surface area (Å²) in [5.41, 5.74) is 7.76. The van der Waals surface area contributed by atoms with Crippen molar-refractivity contribution in [2.45, 2.75) is 31.2 Å². The van der Waals surface area contributed by atoms with Crippen molar-refractivity contribution < 1.29 is 14.3 Å². The van der Waals surface area contributed by atoms with E-state index in [1.54, 1.807) is 14.2 Å². The summed E-state index contributed by atoms with van der Waals surface area (Å²) in [5, 5.41) is 0. The Hall–Kier alpha value is -2.53. The molecule has 1 aliphatic rings. The van der Waals surface area contributed by atoms with Gasteiger partial charge in [-0.15, -0.1) is 0 Å². The van der Waals surface area contributed by atoms with Crippen LogP contribution >= 0.6 is 0 Å². The number of hydrogen-bond acceptors (Lipinski definition) is 4. The molecule has 2 N–H and O–H groups in total. The smallest absolute Gasteiger partial charge is 0.232 e. The number of rotatable bonds is 5. The van der Waals surface area contributed by atoms with Gasteiger partial charge < -0.3 is 20.1 Å². The van der Waals surface area contributed by atoms with Crippen LogP contribution in [0, 0.1) is 0 Å². The molecule has 2 atom stereocenters. The van der Waals surface area contributed by atoms with Gasteiger partial charge in [-0.3, -0.25) is 4.79 Å². The molecule has 1 amide bonds. The Morgan fingerprint density at radius 3 is 2.33 bits per heavy atom. The van der Waals surface area contributed by atoms with E-state index in [9.17, 15) is 4.79 Å². The summed E-state index contributed by atoms with van der Waals surface area (Å²) in [6.45, 7) is 5.09. The molecule has 2 aromatic carbocycles. The zero-order chi connectivity index (χ0) is 19.6. The van der Waals surface area contributed by atoms with Crippen molar-refractivity contribution in [3.63, 3.8) is 0 Å². The summed E-state index contributed by atoms with van der Waals surface area (Å²) in [5.74, 6) is 1.51. The van der Waals surface area contributed by atoms with E-state index < -0.39 is 5.41 Å². The second kappa shape index (κ2) is 7.61. The van der Waals surface area contributed by atoms with Gasteiger partial charge in [0.1, 0.15) is 0 Å². The molecule has 144 valence electrons. The number of nitrogens with zero attached hydrogens (tertiary/aromatic N) is 1. The van der Waals surface area contributed by atoms with Crippen molar-refractivity contribution in [2.24, 2.45) is 5.73 Å². The number of carbonyl (C=O) groups is 1. The average molecular weight is 368 g/mol. The Bertz CT molecular complexity index is 804. The first-order valence-electron chi connectivity index (χ1n) is 9.21. The summed E-state index contributed by atoms with van der Waals surface area (Å²) in [4.78, 5) is 15.2. The Morgan fingerprint density at radius 2 is 1.70 bits per heavy atom. The highest BCUT2D eigenvalue weighted by atomic mass is 16.5. The molecule has 27 heavy (non-hydrogen) atoms. The summed E-state index contributed by atoms with van der Waals surface area (Å²) in [6.07, 6.45) is 0. The lowest BCUT2D eigenvalue weighted by Crippen LogP contribution is -2.43. The van der Waals surface area contributed by atoms with Gasteiger partial charge in [-0.2, -0.15) is 0 Å². The fourth-order valence-electron chi connectivity index (χ4n) is 3.79. The fraction of sp³-hybridized carbons (Fsp3) is 0.409. The summed E-state index contributed by atoms with van der Waals surface area (Å²) >= 11 is 0. The highest BCUT2D eigenvalue weighted by Gasteiger charge is 2.40. The number of hydrogen-bond donors (Lipinski definition) is 1. The van der Waals surface area contributed by atoms with E-state index in [-0.39, 0.29) is 17.9 Å². The largest absolute Gasteiger partial charge is 0.493 e. The highest BCUT2D eigenvalue weighted by molar-refractivity contribution is 5.88. The van der Waals surface area contributed by atoms with E-state index in [4.69, 9.17) is 15.2 Å². The van der Waals surface area contributed by atoms with Crippen LogP contribution in [-0.4, -0.2) is 44.2 Å². The standard InChI is InChI=1S/C22H28N2O3/c1-22(2,16-10-11-19(26-3)20(12-16)27-4)21(25)24-13-17(18(23)14-24)15-8-6-5-7-9-15/h5-12,17-18H,13-14,23H2,1-4H3/t17-,18+/m0/s1. The maximum atomic E-state index is 13.3. The molecule has 0 radical (unpaired) electrons. The second-order valence-electron chi connectivity index (χ2n) is 7.59. The first-order valence-corrected chi connectivity index (χ1v) is 9.21. The molecule has 2 aromatic rings. The van der Waals surface area contributed by atoms with Crippen LogP contribution in [0.25, 0.3) is 0 Å². The first kappa shape index (κ1) is 19.2. The number of carbonyl (C=O) groups excluding carboxylic acids is 1. The third kappa shape index (κ3) is 3.65. The molecule has 1 heterocycles. The third-order valence-corrected chi connectivity index (χ3v) is 5.52. The van der Waals surface area contributed by atoms with Gasteiger partial charge in [-0.25, -0.2) is 0 Å². The predicted octanol–water partition coefficient (Wildman–Crippen LogP) is 2.93. The number of amides is 1. The molecule has 0 spiro atoms. The Kier molecular flexibility index (Phi) is 5.42. The summed E-state index contributed by atoms with van der Waals surface area (Å²) in [6, 6.07) is 15.8. The minimum atomic E-state index is -0.690. The van der Waals surface area contributed by atoms with Gasteiger partial charge in [-0.1, -0.05) is 36.4 Å². The zero-order valence-corrected chi connectivity index (χ0v) is 16.4. The number of methoxy groups -OCH3 is 2. The molecule has 5 nitrogen and oxygen atoms in total. The van der Waals surface area contributed by atoms with Crippen LogP contribution in [0.1, 0.15) is 30.9 Å². The molecule has 3 rings (SSSR count). The maximum Gasteiger partial charge on any atom is 0.232 e. The van der Waals surface area contributed by atoms with Crippen molar-refractivity contribution in [3.8, 4) is 11.5 Å². The van der Waals surface area contributed by atoms with Gasteiger partial charge in [0.05, 0.1) is 19.6 Å². The molecule has 1 fully saturated rings. The van der Waals surface area contributed by atoms with Crippen LogP contribution in [0.4, 0.5) is 0 Å². The van der Waals surface area contributed by atoms with Crippen molar-refractivity contribution in [3.05, 3.63) is 59.7 Å². The molecule has 0 unspecified atom stereocenters. The van der Waals surface area contributed by atoms with Crippen molar-refractivity contribution in [1.82, 2.24) is 4.90 Å². The van der Waals surface area contributed by atoms with E-state index >= 15 is 0 Å². The van der Waals surface area contributed by atoms with E-state index in [1.807, 2.05) is 55.1 Å². The Balaban J connectivity index is 1.82. The van der Waals surface area contributed by atoms with Crippen molar-refractivity contribution in [2.75, 3.05) is 27.3 Å². The number of ether oxygens (including phenoxy) is 2. The second-order valence-corrected chi connectivity index (χ2v) is 7.59. The lowest BCUT2D eigenvalue weighted by molar-refractivity contribution is -0.135. The minimum absolute atomic E-state index is 0.0578. The van der Waals surface area contributed by atoms with Crippen molar-refractivity contribution >= 4 is 5.91 Å². The Morgan fingerprint density at radius 1 is 1.04 bits per heavy atom. The van der Waals surface area contributed by atoms with Gasteiger partial charge >= 0.3 is 0 Å². The molecule has 1 saturated heterocycles. The molecular formula is C22H28N2O3. The molecule has 1 aliphatic heterocycles. The number of nitrogens with two attached hydrogens (primary N) is 1. The molecule has 0 bridgehead atoms. The maximum absolute atomic E-state index is 13.3.